The van der Waals surface area contributed by atoms with E-state index in [0.717, 1.165) is 10.6 Å². The molecule has 1 heterocycles. The minimum absolute atomic E-state index is 0.0373. The second-order valence-electron chi connectivity index (χ2n) is 6.30. The van der Waals surface area contributed by atoms with Crippen LogP contribution in [0.4, 0.5) is 15.8 Å². The summed E-state index contributed by atoms with van der Waals surface area (Å²) in [6.07, 6.45) is 0. The van der Waals surface area contributed by atoms with Crippen LogP contribution >= 0.6 is 11.8 Å². The molecule has 0 saturated carbocycles. The van der Waals surface area contributed by atoms with Crippen molar-refractivity contribution in [2.75, 3.05) is 31.1 Å². The first-order valence-corrected chi connectivity index (χ1v) is 9.52. The van der Waals surface area contributed by atoms with E-state index in [1.807, 2.05) is 11.8 Å². The van der Waals surface area contributed by atoms with E-state index >= 15 is 0 Å². The van der Waals surface area contributed by atoms with Gasteiger partial charge in [0.15, 0.2) is 0 Å². The van der Waals surface area contributed by atoms with Crippen LogP contribution in [-0.2, 0) is 4.79 Å². The van der Waals surface area contributed by atoms with Crippen molar-refractivity contribution in [2.45, 2.75) is 17.1 Å². The van der Waals surface area contributed by atoms with E-state index in [1.165, 1.54) is 36.0 Å². The summed E-state index contributed by atoms with van der Waals surface area (Å²) in [6, 6.07) is 12.6. The van der Waals surface area contributed by atoms with Crippen LogP contribution in [0.25, 0.3) is 0 Å². The van der Waals surface area contributed by atoms with Gasteiger partial charge in [-0.05, 0) is 43.3 Å². The van der Waals surface area contributed by atoms with Gasteiger partial charge in [-0.25, -0.2) is 4.39 Å². The number of thioether (sulfide) groups is 1. The number of halogens is 1. The summed E-state index contributed by atoms with van der Waals surface area (Å²) in [7, 11) is 0. The van der Waals surface area contributed by atoms with Gasteiger partial charge in [-0.2, -0.15) is 0 Å². The molecule has 2 aromatic carbocycles. The minimum Gasteiger partial charge on any atom is -0.368 e. The van der Waals surface area contributed by atoms with Gasteiger partial charge in [0, 0.05) is 48.9 Å². The van der Waals surface area contributed by atoms with Crippen LogP contribution in [0.3, 0.4) is 0 Å². The number of nitro groups is 1. The molecule has 0 aliphatic carbocycles. The van der Waals surface area contributed by atoms with Gasteiger partial charge < -0.3 is 9.80 Å². The molecule has 142 valence electrons. The molecule has 1 atom stereocenters. The maximum atomic E-state index is 13.0. The van der Waals surface area contributed by atoms with Crippen molar-refractivity contribution in [3.8, 4) is 0 Å². The van der Waals surface area contributed by atoms with Crippen LogP contribution in [0.15, 0.2) is 53.4 Å². The Morgan fingerprint density at radius 3 is 2.22 bits per heavy atom. The van der Waals surface area contributed by atoms with Gasteiger partial charge in [-0.15, -0.1) is 11.8 Å². The Kier molecular flexibility index (Phi) is 5.95. The third kappa shape index (κ3) is 4.77. The molecule has 1 amide bonds. The van der Waals surface area contributed by atoms with Crippen molar-refractivity contribution >= 4 is 29.0 Å². The number of hydrogen-bond donors (Lipinski definition) is 0. The van der Waals surface area contributed by atoms with E-state index in [4.69, 9.17) is 0 Å². The zero-order valence-electron chi connectivity index (χ0n) is 14.9. The first-order valence-electron chi connectivity index (χ1n) is 8.64. The largest absolute Gasteiger partial charge is 0.368 e. The average Bonchev–Trinajstić information content (AvgIpc) is 2.68. The van der Waals surface area contributed by atoms with Crippen LogP contribution in [0.5, 0.6) is 0 Å². The quantitative estimate of drug-likeness (QED) is 0.444. The lowest BCUT2D eigenvalue weighted by molar-refractivity contribution is -0.384. The monoisotopic (exact) mass is 389 g/mol. The number of nitro benzene ring substituents is 1. The maximum absolute atomic E-state index is 13.0. The highest BCUT2D eigenvalue weighted by Crippen LogP contribution is 2.27. The van der Waals surface area contributed by atoms with E-state index in [-0.39, 0.29) is 22.7 Å². The maximum Gasteiger partial charge on any atom is 0.269 e. The standard InChI is InChI=1S/C19H20FN3O3S/c1-14(27-18-8-6-17(7-9-18)23(25)26)19(24)22-12-10-21(11-13-22)16-4-2-15(20)3-5-16/h2-9,14H,10-13H2,1H3. The van der Waals surface area contributed by atoms with Gasteiger partial charge in [0.2, 0.25) is 5.91 Å². The second-order valence-corrected chi connectivity index (χ2v) is 7.71. The molecule has 0 spiro atoms. The third-order valence-electron chi connectivity index (χ3n) is 4.49. The molecule has 3 rings (SSSR count). The van der Waals surface area contributed by atoms with Gasteiger partial charge >= 0.3 is 0 Å². The zero-order chi connectivity index (χ0) is 19.4. The number of anilines is 1. The molecule has 2 aromatic rings. The van der Waals surface area contributed by atoms with Gasteiger partial charge in [-0.1, -0.05) is 0 Å². The Morgan fingerprint density at radius 1 is 1.07 bits per heavy atom. The van der Waals surface area contributed by atoms with E-state index in [9.17, 15) is 19.3 Å². The fourth-order valence-electron chi connectivity index (χ4n) is 3.00. The number of nitrogens with zero attached hydrogens (tertiary/aromatic N) is 3. The molecule has 0 N–H and O–H groups in total. The summed E-state index contributed by atoms with van der Waals surface area (Å²) >= 11 is 1.40. The average molecular weight is 389 g/mol. The van der Waals surface area contributed by atoms with Gasteiger partial charge in [-0.3, -0.25) is 14.9 Å². The fourth-order valence-corrected chi connectivity index (χ4v) is 3.95. The molecule has 8 heteroatoms. The highest BCUT2D eigenvalue weighted by atomic mass is 32.2. The van der Waals surface area contributed by atoms with Crippen molar-refractivity contribution in [1.29, 1.82) is 0 Å². The van der Waals surface area contributed by atoms with E-state index < -0.39 is 4.92 Å². The molecule has 1 aliphatic rings. The predicted molar refractivity (Wildman–Crippen MR) is 104 cm³/mol. The smallest absolute Gasteiger partial charge is 0.269 e. The SMILES string of the molecule is CC(Sc1ccc([N+](=O)[O-])cc1)C(=O)N1CCN(c2ccc(F)cc2)CC1. The zero-order valence-corrected chi connectivity index (χ0v) is 15.7. The summed E-state index contributed by atoms with van der Waals surface area (Å²) in [5.74, 6) is -0.207. The van der Waals surface area contributed by atoms with Gasteiger partial charge in [0.1, 0.15) is 5.82 Å². The summed E-state index contributed by atoms with van der Waals surface area (Å²) < 4.78 is 13.0. The molecule has 1 aliphatic heterocycles. The second kappa shape index (κ2) is 8.39. The number of piperazine rings is 1. The first-order chi connectivity index (χ1) is 12.9. The molecule has 1 saturated heterocycles. The topological polar surface area (TPSA) is 66.7 Å². The van der Waals surface area contributed by atoms with Crippen molar-refractivity contribution in [3.63, 3.8) is 0 Å². The van der Waals surface area contributed by atoms with Crippen molar-refractivity contribution in [1.82, 2.24) is 4.90 Å². The number of rotatable bonds is 5. The Bertz CT molecular complexity index is 806. The molecular formula is C19H20FN3O3S. The van der Waals surface area contributed by atoms with Crippen LogP contribution in [-0.4, -0.2) is 47.2 Å². The summed E-state index contributed by atoms with van der Waals surface area (Å²) in [5.41, 5.74) is 0.993. The Balaban J connectivity index is 1.53. The molecule has 0 bridgehead atoms. The number of carbonyl (C=O) groups is 1. The van der Waals surface area contributed by atoms with Gasteiger partial charge in [0.05, 0.1) is 10.2 Å². The van der Waals surface area contributed by atoms with E-state index in [0.29, 0.717) is 26.2 Å². The number of non-ortho nitro benzene ring substituents is 1. The minimum atomic E-state index is -0.441. The molecule has 0 radical (unpaired) electrons. The molecular weight excluding hydrogens is 369 g/mol. The molecule has 1 fully saturated rings. The Morgan fingerprint density at radius 2 is 1.67 bits per heavy atom. The van der Waals surface area contributed by atoms with E-state index in [2.05, 4.69) is 4.90 Å². The van der Waals surface area contributed by atoms with Crippen LogP contribution in [0, 0.1) is 15.9 Å². The lowest BCUT2D eigenvalue weighted by Gasteiger charge is -2.37. The lowest BCUT2D eigenvalue weighted by Crippen LogP contribution is -2.50. The normalized spacial score (nSPS) is 15.5. The number of carbonyl (C=O) groups excluding carboxylic acids is 1. The van der Waals surface area contributed by atoms with Crippen molar-refractivity contribution in [2.24, 2.45) is 0 Å². The Labute approximate surface area is 161 Å². The van der Waals surface area contributed by atoms with Crippen LogP contribution < -0.4 is 4.90 Å². The summed E-state index contributed by atoms with van der Waals surface area (Å²) in [4.78, 5) is 27.8. The van der Waals surface area contributed by atoms with Crippen molar-refractivity contribution in [3.05, 3.63) is 64.5 Å². The Hall–Kier alpha value is -2.61. The highest BCUT2D eigenvalue weighted by molar-refractivity contribution is 8.00. The highest BCUT2D eigenvalue weighted by Gasteiger charge is 2.25. The van der Waals surface area contributed by atoms with Crippen LogP contribution in [0.2, 0.25) is 0 Å². The summed E-state index contributed by atoms with van der Waals surface area (Å²) in [6.45, 7) is 4.47. The van der Waals surface area contributed by atoms with Gasteiger partial charge in [0.25, 0.3) is 5.69 Å². The van der Waals surface area contributed by atoms with Crippen LogP contribution in [0.1, 0.15) is 6.92 Å². The molecule has 27 heavy (non-hydrogen) atoms. The summed E-state index contributed by atoms with van der Waals surface area (Å²) in [5, 5.41) is 10.4. The first kappa shape index (κ1) is 19.2. The fraction of sp³-hybridized carbons (Fsp3) is 0.316. The third-order valence-corrected chi connectivity index (χ3v) is 5.59. The van der Waals surface area contributed by atoms with Crippen molar-refractivity contribution < 1.29 is 14.1 Å². The number of hydrogen-bond acceptors (Lipinski definition) is 5. The molecule has 6 nitrogen and oxygen atoms in total. The number of amides is 1. The number of benzene rings is 2. The predicted octanol–water partition coefficient (Wildman–Crippen LogP) is 3.56. The lowest BCUT2D eigenvalue weighted by atomic mass is 10.2. The molecule has 1 unspecified atom stereocenters. The molecule has 0 aromatic heterocycles. The van der Waals surface area contributed by atoms with E-state index in [1.54, 1.807) is 24.3 Å².